The van der Waals surface area contributed by atoms with Gasteiger partial charge in [-0.25, -0.2) is 9.50 Å². The third kappa shape index (κ3) is 6.37. The van der Waals surface area contributed by atoms with Crippen LogP contribution in [0.3, 0.4) is 0 Å². The molecule has 0 bridgehead atoms. The molecule has 0 spiro atoms. The Kier molecular flexibility index (Phi) is 7.81. The minimum Gasteiger partial charge on any atom is -0.399 e. The van der Waals surface area contributed by atoms with Crippen LogP contribution in [0.2, 0.25) is 0 Å². The number of carbonyl (C=O) groups excluding carboxylic acids is 1. The molecule has 3 aromatic heterocycles. The van der Waals surface area contributed by atoms with Crippen molar-refractivity contribution in [1.29, 1.82) is 0 Å². The van der Waals surface area contributed by atoms with Gasteiger partial charge < -0.3 is 15.6 Å². The summed E-state index contributed by atoms with van der Waals surface area (Å²) < 4.78 is 7.16. The van der Waals surface area contributed by atoms with Gasteiger partial charge in [-0.1, -0.05) is 62.3 Å². The number of nitrogens with zero attached hydrogens (tertiary/aromatic N) is 6. The lowest BCUT2D eigenvalue weighted by atomic mass is 9.97. The first-order valence-electron chi connectivity index (χ1n) is 15.9. The molecule has 6 aromatic rings. The van der Waals surface area contributed by atoms with Crippen LogP contribution in [0.5, 0.6) is 0 Å². The maximum Gasteiger partial charge on any atom is 0.292 e. The summed E-state index contributed by atoms with van der Waals surface area (Å²) in [7, 11) is 0. The molecule has 3 aromatic carbocycles. The highest BCUT2D eigenvalue weighted by Crippen LogP contribution is 2.32. The number of nitrogens with one attached hydrogen (secondary N) is 1. The van der Waals surface area contributed by atoms with Gasteiger partial charge in [0, 0.05) is 54.6 Å². The van der Waals surface area contributed by atoms with Crippen LogP contribution in [0, 0.1) is 6.92 Å². The number of anilines is 1. The van der Waals surface area contributed by atoms with Gasteiger partial charge in [0.1, 0.15) is 6.33 Å². The number of carbonyl (C=O) groups is 1. The van der Waals surface area contributed by atoms with Gasteiger partial charge in [-0.3, -0.25) is 9.69 Å². The molecular formula is C37H38N8O2. The molecule has 0 saturated heterocycles. The number of nitrogen functional groups attached to an aromatic ring is 1. The Balaban J connectivity index is 1.05. The molecule has 0 aliphatic carbocycles. The molecule has 0 radical (unpaired) electrons. The maximum atomic E-state index is 12.7. The first-order chi connectivity index (χ1) is 22.6. The van der Waals surface area contributed by atoms with Crippen molar-refractivity contribution in [2.24, 2.45) is 0 Å². The number of nitrogens with two attached hydrogens (primary N) is 1. The van der Waals surface area contributed by atoms with Crippen LogP contribution in [0.25, 0.3) is 27.9 Å². The number of hydrogen-bond acceptors (Lipinski definition) is 8. The Labute approximate surface area is 273 Å². The van der Waals surface area contributed by atoms with Crippen LogP contribution >= 0.6 is 0 Å². The smallest absolute Gasteiger partial charge is 0.292 e. The normalized spacial score (nSPS) is 13.3. The van der Waals surface area contributed by atoms with Crippen molar-refractivity contribution in [3.05, 3.63) is 119 Å². The number of rotatable bonds is 8. The second-order valence-electron chi connectivity index (χ2n) is 13.4. The van der Waals surface area contributed by atoms with Gasteiger partial charge in [-0.15, -0.1) is 0 Å². The summed E-state index contributed by atoms with van der Waals surface area (Å²) in [6.45, 7) is 11.2. The van der Waals surface area contributed by atoms with E-state index in [2.05, 4.69) is 79.1 Å². The van der Waals surface area contributed by atoms with Crippen LogP contribution in [-0.4, -0.2) is 42.1 Å². The highest BCUT2D eigenvalue weighted by molar-refractivity contribution is 5.90. The summed E-state index contributed by atoms with van der Waals surface area (Å²) in [5.74, 6) is 0.0899. The molecule has 10 nitrogen and oxygen atoms in total. The van der Waals surface area contributed by atoms with Crippen molar-refractivity contribution >= 4 is 17.1 Å². The highest BCUT2D eigenvalue weighted by atomic mass is 16.5. The fourth-order valence-electron chi connectivity index (χ4n) is 6.00. The topological polar surface area (TPSA) is 127 Å². The molecule has 1 aliphatic heterocycles. The van der Waals surface area contributed by atoms with Gasteiger partial charge >= 0.3 is 0 Å². The van der Waals surface area contributed by atoms with Crippen molar-refractivity contribution in [2.75, 3.05) is 12.3 Å². The van der Waals surface area contributed by atoms with Crippen molar-refractivity contribution in [2.45, 2.75) is 59.2 Å². The SMILES string of the molecule is Cc1cc(-c2ncnn3cc(-c4ccc5c(c4)CN(CCc4ccc(N)cc4)C5)cc23)ccc1CNC(=O)c1noc(C(C)(C)C)n1. The lowest BCUT2D eigenvalue weighted by Crippen LogP contribution is -2.24. The average Bonchev–Trinajstić information content (AvgIpc) is 3.81. The first-order valence-corrected chi connectivity index (χ1v) is 15.9. The quantitative estimate of drug-likeness (QED) is 0.193. The third-order valence-corrected chi connectivity index (χ3v) is 8.76. The number of aryl methyl sites for hydroxylation is 1. The van der Waals surface area contributed by atoms with Crippen molar-refractivity contribution in [3.63, 3.8) is 0 Å². The van der Waals surface area contributed by atoms with Gasteiger partial charge in [0.05, 0.1) is 11.2 Å². The second-order valence-corrected chi connectivity index (χ2v) is 13.4. The Morgan fingerprint density at radius 1 is 0.957 bits per heavy atom. The zero-order chi connectivity index (χ0) is 32.7. The van der Waals surface area contributed by atoms with E-state index >= 15 is 0 Å². The lowest BCUT2D eigenvalue weighted by molar-refractivity contribution is 0.0937. The van der Waals surface area contributed by atoms with E-state index in [-0.39, 0.29) is 17.1 Å². The van der Waals surface area contributed by atoms with E-state index in [0.717, 1.165) is 65.2 Å². The summed E-state index contributed by atoms with van der Waals surface area (Å²) in [5, 5.41) is 11.3. The second kappa shape index (κ2) is 12.1. The molecule has 1 aliphatic rings. The van der Waals surface area contributed by atoms with Gasteiger partial charge in [0.15, 0.2) is 0 Å². The van der Waals surface area contributed by atoms with E-state index in [9.17, 15) is 4.79 Å². The molecule has 0 unspecified atom stereocenters. The van der Waals surface area contributed by atoms with E-state index in [1.807, 2.05) is 56.5 Å². The van der Waals surface area contributed by atoms with E-state index in [4.69, 9.17) is 10.3 Å². The minimum absolute atomic E-state index is 0.0340. The summed E-state index contributed by atoms with van der Waals surface area (Å²) >= 11 is 0. The lowest BCUT2D eigenvalue weighted by Gasteiger charge is -2.14. The van der Waals surface area contributed by atoms with E-state index < -0.39 is 0 Å². The van der Waals surface area contributed by atoms with Crippen LogP contribution in [0.1, 0.15) is 65.1 Å². The molecule has 3 N–H and O–H groups in total. The summed E-state index contributed by atoms with van der Waals surface area (Å²) in [4.78, 5) is 24.1. The molecular weight excluding hydrogens is 588 g/mol. The molecule has 4 heterocycles. The predicted molar refractivity (Wildman–Crippen MR) is 181 cm³/mol. The number of fused-ring (bicyclic) bond motifs is 2. The standard InChI is InChI=1S/C37H38N8O2/c1-23-15-26(8-9-27(23)18-39-35(46)34-42-36(47-43-34)37(2,3)4)33-32-17-30(21-45(32)41-22-40-33)25-7-10-28-19-44(20-29(28)16-25)14-13-24-5-11-31(38)12-6-24/h5-12,15-17,21-22H,13-14,18-20,38H2,1-4H3,(H,39,46). The van der Waals surface area contributed by atoms with Crippen molar-refractivity contribution in [1.82, 2.24) is 35.0 Å². The fraction of sp³-hybridized carbons (Fsp3) is 0.270. The van der Waals surface area contributed by atoms with E-state index in [0.29, 0.717) is 12.4 Å². The molecule has 0 atom stereocenters. The predicted octanol–water partition coefficient (Wildman–Crippen LogP) is 6.12. The molecule has 7 rings (SSSR count). The van der Waals surface area contributed by atoms with Gasteiger partial charge in [0.2, 0.25) is 5.89 Å². The molecule has 1 amide bonds. The Morgan fingerprint density at radius 3 is 2.51 bits per heavy atom. The summed E-state index contributed by atoms with van der Waals surface area (Å²) in [6, 6.07) is 23.2. The van der Waals surface area contributed by atoms with E-state index in [1.165, 1.54) is 22.3 Å². The van der Waals surface area contributed by atoms with Crippen LogP contribution in [0.4, 0.5) is 5.69 Å². The summed E-state index contributed by atoms with van der Waals surface area (Å²) in [5.41, 5.74) is 17.4. The minimum atomic E-state index is -0.372. The average molecular weight is 627 g/mol. The fourth-order valence-corrected chi connectivity index (χ4v) is 6.00. The molecule has 10 heteroatoms. The number of benzene rings is 3. The first kappa shape index (κ1) is 30.3. The maximum absolute atomic E-state index is 12.7. The Morgan fingerprint density at radius 2 is 1.74 bits per heavy atom. The van der Waals surface area contributed by atoms with Gasteiger partial charge in [0.25, 0.3) is 11.7 Å². The van der Waals surface area contributed by atoms with Crippen molar-refractivity contribution < 1.29 is 9.32 Å². The number of aromatic nitrogens is 5. The van der Waals surface area contributed by atoms with E-state index in [1.54, 1.807) is 6.33 Å². The molecule has 47 heavy (non-hydrogen) atoms. The third-order valence-electron chi connectivity index (χ3n) is 8.76. The Hall–Kier alpha value is -5.35. The zero-order valence-electron chi connectivity index (χ0n) is 27.1. The summed E-state index contributed by atoms with van der Waals surface area (Å²) in [6.07, 6.45) is 4.66. The zero-order valence-corrected chi connectivity index (χ0v) is 27.1. The number of hydrogen-bond donors (Lipinski definition) is 2. The van der Waals surface area contributed by atoms with Crippen molar-refractivity contribution in [3.8, 4) is 22.4 Å². The number of amides is 1. The van der Waals surface area contributed by atoms with Crippen LogP contribution in [0.15, 0.2) is 83.8 Å². The molecule has 0 fully saturated rings. The Bertz CT molecular complexity index is 2090. The monoisotopic (exact) mass is 626 g/mol. The van der Waals surface area contributed by atoms with Gasteiger partial charge in [-0.05, 0) is 77.1 Å². The highest BCUT2D eigenvalue weighted by Gasteiger charge is 2.24. The van der Waals surface area contributed by atoms with Gasteiger partial charge in [-0.2, -0.15) is 10.1 Å². The molecule has 238 valence electrons. The van der Waals surface area contributed by atoms with Crippen LogP contribution in [-0.2, 0) is 31.5 Å². The molecule has 0 saturated carbocycles. The largest absolute Gasteiger partial charge is 0.399 e. The van der Waals surface area contributed by atoms with Crippen LogP contribution < -0.4 is 11.1 Å².